The van der Waals surface area contributed by atoms with E-state index in [1.165, 1.54) is 6.92 Å². The van der Waals surface area contributed by atoms with Gasteiger partial charge in [0, 0.05) is 11.1 Å². The third kappa shape index (κ3) is 2.70. The first-order chi connectivity index (χ1) is 10.9. The molecule has 0 spiro atoms. The molecule has 5 nitrogen and oxygen atoms in total. The van der Waals surface area contributed by atoms with Crippen LogP contribution in [0.1, 0.15) is 59.9 Å². The average molecular weight is 318 g/mol. The van der Waals surface area contributed by atoms with Gasteiger partial charge in [-0.05, 0) is 32.3 Å². The maximum Gasteiger partial charge on any atom is 0.336 e. The van der Waals surface area contributed by atoms with Gasteiger partial charge in [-0.3, -0.25) is 9.59 Å². The number of benzene rings is 1. The number of Topliss-reactive ketones (excluding diaryl/α,β-unsaturated/α-hetero) is 2. The molecular weight excluding hydrogens is 296 g/mol. The lowest BCUT2D eigenvalue weighted by Gasteiger charge is -2.25. The van der Waals surface area contributed by atoms with Crippen molar-refractivity contribution in [3.05, 3.63) is 34.9 Å². The Bertz CT molecular complexity index is 649. The number of aliphatic hydroxyl groups excluding tert-OH is 1. The van der Waals surface area contributed by atoms with Crippen molar-refractivity contribution in [2.75, 3.05) is 6.61 Å². The summed E-state index contributed by atoms with van der Waals surface area (Å²) in [5.74, 6) is -1.96. The number of aliphatic hydroxyl groups is 1. The summed E-state index contributed by atoms with van der Waals surface area (Å²) in [6.07, 6.45) is 0.752. The lowest BCUT2D eigenvalue weighted by atomic mass is 9.79. The normalized spacial score (nSPS) is 21.2. The van der Waals surface area contributed by atoms with Crippen LogP contribution in [-0.4, -0.2) is 35.4 Å². The van der Waals surface area contributed by atoms with E-state index in [1.54, 1.807) is 19.1 Å². The van der Waals surface area contributed by atoms with Gasteiger partial charge in [-0.1, -0.05) is 31.5 Å². The van der Waals surface area contributed by atoms with Gasteiger partial charge < -0.3 is 9.84 Å². The minimum absolute atomic E-state index is 0.0725. The summed E-state index contributed by atoms with van der Waals surface area (Å²) in [5.41, 5.74) is -0.384. The Labute approximate surface area is 135 Å². The topological polar surface area (TPSA) is 80.7 Å². The summed E-state index contributed by atoms with van der Waals surface area (Å²) in [7, 11) is 0. The van der Waals surface area contributed by atoms with Crippen molar-refractivity contribution in [3.63, 3.8) is 0 Å². The van der Waals surface area contributed by atoms with Crippen molar-refractivity contribution in [1.29, 1.82) is 0 Å². The van der Waals surface area contributed by atoms with Crippen LogP contribution in [0.25, 0.3) is 0 Å². The summed E-state index contributed by atoms with van der Waals surface area (Å²) in [5, 5.41) is 10.3. The molecule has 0 aliphatic heterocycles. The zero-order valence-corrected chi connectivity index (χ0v) is 13.7. The van der Waals surface area contributed by atoms with E-state index >= 15 is 0 Å². The van der Waals surface area contributed by atoms with Crippen LogP contribution in [0.15, 0.2) is 18.2 Å². The van der Waals surface area contributed by atoms with Crippen molar-refractivity contribution in [3.8, 4) is 0 Å². The van der Waals surface area contributed by atoms with Crippen LogP contribution in [0.2, 0.25) is 0 Å². The quantitative estimate of drug-likeness (QED) is 0.643. The van der Waals surface area contributed by atoms with Gasteiger partial charge in [0.15, 0.2) is 17.7 Å². The fraction of sp³-hybridized carbons (Fsp3) is 0.500. The van der Waals surface area contributed by atoms with E-state index in [1.807, 2.05) is 13.0 Å². The van der Waals surface area contributed by atoms with Crippen LogP contribution in [-0.2, 0) is 16.0 Å². The van der Waals surface area contributed by atoms with Crippen molar-refractivity contribution in [2.24, 2.45) is 5.41 Å². The number of ketones is 2. The molecule has 2 rings (SSSR count). The van der Waals surface area contributed by atoms with E-state index in [4.69, 9.17) is 4.74 Å². The molecule has 0 saturated heterocycles. The van der Waals surface area contributed by atoms with Crippen LogP contribution in [0.4, 0.5) is 0 Å². The lowest BCUT2D eigenvalue weighted by molar-refractivity contribution is -0.156. The van der Waals surface area contributed by atoms with Gasteiger partial charge >= 0.3 is 5.97 Å². The maximum atomic E-state index is 12.9. The second-order valence-corrected chi connectivity index (χ2v) is 5.96. The number of hydrogen-bond donors (Lipinski definition) is 1. The van der Waals surface area contributed by atoms with E-state index in [0.29, 0.717) is 12.0 Å². The molecule has 2 atom stereocenters. The van der Waals surface area contributed by atoms with E-state index in [9.17, 15) is 19.5 Å². The third-order valence-electron chi connectivity index (χ3n) is 4.42. The Morgan fingerprint density at radius 1 is 1.26 bits per heavy atom. The number of ether oxygens (including phenoxy) is 1. The highest BCUT2D eigenvalue weighted by molar-refractivity contribution is 6.31. The number of esters is 1. The second-order valence-electron chi connectivity index (χ2n) is 5.96. The summed E-state index contributed by atoms with van der Waals surface area (Å²) >= 11 is 0. The summed E-state index contributed by atoms with van der Waals surface area (Å²) in [4.78, 5) is 37.4. The van der Waals surface area contributed by atoms with E-state index in [0.717, 1.165) is 18.4 Å². The molecule has 1 aliphatic rings. The summed E-state index contributed by atoms with van der Waals surface area (Å²) in [6, 6.07) is 5.13. The fourth-order valence-electron chi connectivity index (χ4n) is 2.98. The molecule has 0 amide bonds. The minimum atomic E-state index is -1.81. The predicted molar refractivity (Wildman–Crippen MR) is 84.5 cm³/mol. The van der Waals surface area contributed by atoms with E-state index in [2.05, 4.69) is 0 Å². The predicted octanol–water partition coefficient (Wildman–Crippen LogP) is 2.34. The zero-order valence-electron chi connectivity index (χ0n) is 13.7. The van der Waals surface area contributed by atoms with E-state index < -0.39 is 29.1 Å². The molecular formula is C18H22O5. The van der Waals surface area contributed by atoms with Crippen molar-refractivity contribution < 1.29 is 24.2 Å². The molecule has 0 radical (unpaired) electrons. The molecule has 1 aliphatic carbocycles. The molecule has 2 unspecified atom stereocenters. The van der Waals surface area contributed by atoms with Gasteiger partial charge in [0.05, 0.1) is 6.61 Å². The largest absolute Gasteiger partial charge is 0.464 e. The maximum absolute atomic E-state index is 12.9. The third-order valence-corrected chi connectivity index (χ3v) is 4.42. The SMILES string of the molecule is CCCCc1cccc2c1C(=O)C(C)(C(O)C(=O)OCC)C2=O. The fourth-order valence-corrected chi connectivity index (χ4v) is 2.98. The Hall–Kier alpha value is -2.01. The Kier molecular flexibility index (Phi) is 5.00. The average Bonchev–Trinajstić information content (AvgIpc) is 2.75. The molecule has 5 heteroatoms. The van der Waals surface area contributed by atoms with Gasteiger partial charge in [0.25, 0.3) is 0 Å². The molecule has 1 aromatic carbocycles. The van der Waals surface area contributed by atoms with Gasteiger partial charge in [0.1, 0.15) is 5.41 Å². The highest BCUT2D eigenvalue weighted by Gasteiger charge is 2.57. The monoisotopic (exact) mass is 318 g/mol. The Balaban J connectivity index is 2.46. The van der Waals surface area contributed by atoms with Crippen LogP contribution in [0.5, 0.6) is 0 Å². The van der Waals surface area contributed by atoms with Crippen LogP contribution in [0.3, 0.4) is 0 Å². The van der Waals surface area contributed by atoms with Crippen molar-refractivity contribution in [2.45, 2.75) is 46.1 Å². The van der Waals surface area contributed by atoms with Crippen molar-refractivity contribution >= 4 is 17.5 Å². The number of rotatable bonds is 6. The first-order valence-electron chi connectivity index (χ1n) is 7.95. The molecule has 124 valence electrons. The molecule has 1 N–H and O–H groups in total. The molecule has 0 fully saturated rings. The number of unbranched alkanes of at least 4 members (excludes halogenated alkanes) is 1. The van der Waals surface area contributed by atoms with Gasteiger partial charge in [-0.2, -0.15) is 0 Å². The van der Waals surface area contributed by atoms with Gasteiger partial charge in [-0.25, -0.2) is 4.79 Å². The summed E-state index contributed by atoms with van der Waals surface area (Å²) in [6.45, 7) is 5.04. The zero-order chi connectivity index (χ0) is 17.2. The highest BCUT2D eigenvalue weighted by Crippen LogP contribution is 2.41. The standard InChI is InChI=1S/C18H22O5/c1-4-6-8-11-9-7-10-12-13(11)15(20)18(3,14(12)19)16(21)17(22)23-5-2/h7,9-10,16,21H,4-6,8H2,1-3H3. The molecule has 23 heavy (non-hydrogen) atoms. The number of carbonyl (C=O) groups excluding carboxylic acids is 3. The first kappa shape index (κ1) is 17.3. The molecule has 0 heterocycles. The molecule has 0 aromatic heterocycles. The number of carbonyl (C=O) groups is 3. The minimum Gasteiger partial charge on any atom is -0.464 e. The number of hydrogen-bond acceptors (Lipinski definition) is 5. The van der Waals surface area contributed by atoms with Gasteiger partial charge in [0.2, 0.25) is 0 Å². The molecule has 0 bridgehead atoms. The number of fused-ring (bicyclic) bond motifs is 1. The smallest absolute Gasteiger partial charge is 0.336 e. The summed E-state index contributed by atoms with van der Waals surface area (Å²) < 4.78 is 4.78. The van der Waals surface area contributed by atoms with Crippen LogP contribution < -0.4 is 0 Å². The number of aryl methyl sites for hydroxylation is 1. The van der Waals surface area contributed by atoms with Crippen molar-refractivity contribution in [1.82, 2.24) is 0 Å². The molecule has 1 aromatic rings. The molecule has 0 saturated carbocycles. The van der Waals surface area contributed by atoms with Crippen LogP contribution in [0, 0.1) is 5.41 Å². The Morgan fingerprint density at radius 3 is 2.57 bits per heavy atom. The lowest BCUT2D eigenvalue weighted by Crippen LogP contribution is -2.47. The van der Waals surface area contributed by atoms with E-state index in [-0.39, 0.29) is 12.2 Å². The first-order valence-corrected chi connectivity index (χ1v) is 7.95. The van der Waals surface area contributed by atoms with Crippen LogP contribution >= 0.6 is 0 Å². The highest BCUT2D eigenvalue weighted by atomic mass is 16.5. The Morgan fingerprint density at radius 2 is 1.96 bits per heavy atom. The second kappa shape index (κ2) is 6.62. The van der Waals surface area contributed by atoms with Gasteiger partial charge in [-0.15, -0.1) is 0 Å².